The lowest BCUT2D eigenvalue weighted by Gasteiger charge is -2.16. The maximum absolute atomic E-state index is 12.4. The minimum Gasteiger partial charge on any atom is -0.349 e. The molecular weight excluding hydrogens is 286 g/mol. The zero-order chi connectivity index (χ0) is 16.0. The van der Waals surface area contributed by atoms with Crippen LogP contribution in [0.25, 0.3) is 5.69 Å². The summed E-state index contributed by atoms with van der Waals surface area (Å²) in [6.45, 7) is 4.05. The zero-order valence-corrected chi connectivity index (χ0v) is 13.7. The van der Waals surface area contributed by atoms with Gasteiger partial charge in [0.05, 0.1) is 6.04 Å². The molecule has 1 N–H and O–H groups in total. The van der Waals surface area contributed by atoms with Crippen LogP contribution in [0.1, 0.15) is 43.6 Å². The van der Waals surface area contributed by atoms with Gasteiger partial charge in [0.2, 0.25) is 5.91 Å². The molecule has 1 aromatic carbocycles. The molecule has 1 aromatic heterocycles. The van der Waals surface area contributed by atoms with E-state index in [1.165, 1.54) is 19.3 Å². The second-order valence-electron chi connectivity index (χ2n) is 6.95. The summed E-state index contributed by atoms with van der Waals surface area (Å²) in [4.78, 5) is 16.6. The molecule has 120 valence electrons. The Kier molecular flexibility index (Phi) is 3.47. The van der Waals surface area contributed by atoms with Crippen molar-refractivity contribution in [1.29, 1.82) is 0 Å². The van der Waals surface area contributed by atoms with Gasteiger partial charge >= 0.3 is 0 Å². The van der Waals surface area contributed by atoms with E-state index in [9.17, 15) is 4.79 Å². The van der Waals surface area contributed by atoms with Gasteiger partial charge < -0.3 is 9.88 Å². The first-order valence-electron chi connectivity index (χ1n) is 8.56. The van der Waals surface area contributed by atoms with E-state index >= 15 is 0 Å². The van der Waals surface area contributed by atoms with E-state index in [0.717, 1.165) is 17.1 Å². The molecule has 2 aliphatic rings. The van der Waals surface area contributed by atoms with Crippen molar-refractivity contribution in [2.75, 3.05) is 0 Å². The Labute approximate surface area is 136 Å². The number of nitrogens with one attached hydrogen (secondary N) is 1. The van der Waals surface area contributed by atoms with Crippen molar-refractivity contribution in [2.45, 2.75) is 39.2 Å². The van der Waals surface area contributed by atoms with E-state index in [1.807, 2.05) is 13.1 Å². The minimum absolute atomic E-state index is 0.0572. The third-order valence-corrected chi connectivity index (χ3v) is 5.57. The summed E-state index contributed by atoms with van der Waals surface area (Å²) in [6, 6.07) is 8.40. The first-order valence-corrected chi connectivity index (χ1v) is 8.56. The number of rotatable bonds is 4. The van der Waals surface area contributed by atoms with Crippen LogP contribution in [0.3, 0.4) is 0 Å². The van der Waals surface area contributed by atoms with Crippen LogP contribution in [0.15, 0.2) is 36.7 Å². The maximum Gasteiger partial charge on any atom is 0.224 e. The average molecular weight is 309 g/mol. The number of benzene rings is 1. The summed E-state index contributed by atoms with van der Waals surface area (Å²) in [5.41, 5.74) is 2.24. The van der Waals surface area contributed by atoms with Gasteiger partial charge in [0.25, 0.3) is 0 Å². The highest BCUT2D eigenvalue weighted by atomic mass is 16.2. The Bertz CT molecular complexity index is 708. The molecular formula is C19H23N3O. The number of fused-ring (bicyclic) bond motifs is 1. The van der Waals surface area contributed by atoms with E-state index in [0.29, 0.717) is 17.8 Å². The van der Waals surface area contributed by atoms with E-state index in [-0.39, 0.29) is 11.9 Å². The van der Waals surface area contributed by atoms with Crippen LogP contribution in [0.5, 0.6) is 0 Å². The van der Waals surface area contributed by atoms with Gasteiger partial charge in [-0.2, -0.15) is 0 Å². The summed E-state index contributed by atoms with van der Waals surface area (Å²) in [5.74, 6) is 2.86. The van der Waals surface area contributed by atoms with Crippen LogP contribution >= 0.6 is 0 Å². The SMILES string of the molecule is Cc1nccn1-c1ccc([C@H](C)NC(=O)C2[C@H]3CCC[C@@H]23)cc1. The lowest BCUT2D eigenvalue weighted by molar-refractivity contribution is -0.123. The van der Waals surface area contributed by atoms with E-state index in [1.54, 1.807) is 6.20 Å². The summed E-state index contributed by atoms with van der Waals surface area (Å²) in [7, 11) is 0. The Morgan fingerprint density at radius 1 is 1.26 bits per heavy atom. The lowest BCUT2D eigenvalue weighted by atomic mass is 10.1. The fourth-order valence-corrected chi connectivity index (χ4v) is 4.18. The molecule has 2 aliphatic carbocycles. The lowest BCUT2D eigenvalue weighted by Crippen LogP contribution is -2.29. The normalized spacial score (nSPS) is 26.6. The number of imidazole rings is 1. The van der Waals surface area contributed by atoms with E-state index in [2.05, 4.69) is 46.1 Å². The van der Waals surface area contributed by atoms with Crippen molar-refractivity contribution in [1.82, 2.24) is 14.9 Å². The third kappa shape index (κ3) is 2.56. The van der Waals surface area contributed by atoms with Gasteiger partial charge in [0.1, 0.15) is 5.82 Å². The molecule has 1 amide bonds. The molecule has 0 bridgehead atoms. The maximum atomic E-state index is 12.4. The van der Waals surface area contributed by atoms with Gasteiger partial charge in [0, 0.05) is 24.0 Å². The topological polar surface area (TPSA) is 46.9 Å². The monoisotopic (exact) mass is 309 g/mol. The molecule has 1 heterocycles. The van der Waals surface area contributed by atoms with Crippen molar-refractivity contribution in [3.05, 3.63) is 48.0 Å². The smallest absolute Gasteiger partial charge is 0.224 e. The van der Waals surface area contributed by atoms with Crippen LogP contribution in [0.2, 0.25) is 0 Å². The van der Waals surface area contributed by atoms with Gasteiger partial charge in [-0.3, -0.25) is 4.79 Å². The second-order valence-corrected chi connectivity index (χ2v) is 6.95. The van der Waals surface area contributed by atoms with E-state index in [4.69, 9.17) is 0 Å². The van der Waals surface area contributed by atoms with Crippen molar-refractivity contribution in [3.63, 3.8) is 0 Å². The molecule has 4 nitrogen and oxygen atoms in total. The van der Waals surface area contributed by atoms with Gasteiger partial charge in [-0.25, -0.2) is 4.98 Å². The summed E-state index contributed by atoms with van der Waals surface area (Å²) in [5, 5.41) is 3.19. The van der Waals surface area contributed by atoms with Crippen molar-refractivity contribution >= 4 is 5.91 Å². The quantitative estimate of drug-likeness (QED) is 0.941. The number of hydrogen-bond acceptors (Lipinski definition) is 2. The molecule has 0 saturated heterocycles. The highest BCUT2D eigenvalue weighted by Crippen LogP contribution is 2.57. The first kappa shape index (κ1) is 14.5. The highest BCUT2D eigenvalue weighted by Gasteiger charge is 2.56. The Morgan fingerprint density at radius 3 is 2.57 bits per heavy atom. The standard InChI is InChI=1S/C19H23N3O/c1-12(21-19(23)18-16-4-3-5-17(16)18)14-6-8-15(9-7-14)22-11-10-20-13(22)2/h6-12,16-18H,3-5H2,1-2H3,(H,21,23)/t12-,16-,17+,18?/m0/s1. The molecule has 1 unspecified atom stereocenters. The molecule has 0 aliphatic heterocycles. The molecule has 23 heavy (non-hydrogen) atoms. The number of hydrogen-bond donors (Lipinski definition) is 1. The number of carbonyl (C=O) groups is 1. The third-order valence-electron chi connectivity index (χ3n) is 5.57. The van der Waals surface area contributed by atoms with Crippen LogP contribution in [-0.4, -0.2) is 15.5 Å². The Balaban J connectivity index is 1.41. The molecule has 0 radical (unpaired) electrons. The summed E-state index contributed by atoms with van der Waals surface area (Å²) < 4.78 is 2.05. The van der Waals surface area contributed by atoms with Crippen LogP contribution in [-0.2, 0) is 4.79 Å². The van der Waals surface area contributed by atoms with Crippen molar-refractivity contribution < 1.29 is 4.79 Å². The van der Waals surface area contributed by atoms with Crippen molar-refractivity contribution in [2.24, 2.45) is 17.8 Å². The molecule has 2 fully saturated rings. The van der Waals surface area contributed by atoms with Crippen LogP contribution < -0.4 is 5.32 Å². The fourth-order valence-electron chi connectivity index (χ4n) is 4.18. The molecule has 2 aromatic rings. The number of amides is 1. The van der Waals surface area contributed by atoms with Gasteiger partial charge in [-0.15, -0.1) is 0 Å². The average Bonchev–Trinajstić information content (AvgIpc) is 2.89. The number of carbonyl (C=O) groups excluding carboxylic acids is 1. The largest absolute Gasteiger partial charge is 0.349 e. The fraction of sp³-hybridized carbons (Fsp3) is 0.474. The van der Waals surface area contributed by atoms with Gasteiger partial charge in [0.15, 0.2) is 0 Å². The van der Waals surface area contributed by atoms with Crippen LogP contribution in [0.4, 0.5) is 0 Å². The number of aromatic nitrogens is 2. The molecule has 4 heteroatoms. The van der Waals surface area contributed by atoms with Crippen LogP contribution in [0, 0.1) is 24.7 Å². The Morgan fingerprint density at radius 2 is 1.96 bits per heavy atom. The minimum atomic E-state index is 0.0572. The predicted molar refractivity (Wildman–Crippen MR) is 89.2 cm³/mol. The van der Waals surface area contributed by atoms with Gasteiger partial charge in [-0.1, -0.05) is 18.6 Å². The van der Waals surface area contributed by atoms with E-state index < -0.39 is 0 Å². The molecule has 4 rings (SSSR count). The predicted octanol–water partition coefficient (Wildman–Crippen LogP) is 3.40. The molecule has 2 saturated carbocycles. The zero-order valence-electron chi connectivity index (χ0n) is 13.7. The Hall–Kier alpha value is -2.10. The molecule has 0 spiro atoms. The summed E-state index contributed by atoms with van der Waals surface area (Å²) >= 11 is 0. The second kappa shape index (κ2) is 5.52. The van der Waals surface area contributed by atoms with Crippen molar-refractivity contribution in [3.8, 4) is 5.69 Å². The number of aryl methyl sites for hydroxylation is 1. The highest BCUT2D eigenvalue weighted by molar-refractivity contribution is 5.82. The summed E-state index contributed by atoms with van der Waals surface area (Å²) in [6.07, 6.45) is 7.57. The first-order chi connectivity index (χ1) is 11.1. The van der Waals surface area contributed by atoms with Gasteiger partial charge in [-0.05, 0) is 56.2 Å². The molecule has 4 atom stereocenters. The number of nitrogens with zero attached hydrogens (tertiary/aromatic N) is 2.